The van der Waals surface area contributed by atoms with Crippen LogP contribution in [0.15, 0.2) is 42.5 Å². The van der Waals surface area contributed by atoms with Crippen molar-refractivity contribution in [3.8, 4) is 0 Å². The van der Waals surface area contributed by atoms with Crippen molar-refractivity contribution in [2.45, 2.75) is 70.8 Å². The highest BCUT2D eigenvalue weighted by molar-refractivity contribution is 7.99. The van der Waals surface area contributed by atoms with Crippen molar-refractivity contribution in [1.29, 1.82) is 0 Å². The van der Waals surface area contributed by atoms with Crippen molar-refractivity contribution in [2.24, 2.45) is 0 Å². The summed E-state index contributed by atoms with van der Waals surface area (Å²) < 4.78 is 0. The summed E-state index contributed by atoms with van der Waals surface area (Å²) in [6.07, 6.45) is 4.36. The first-order valence-electron chi connectivity index (χ1n) is 11.3. The van der Waals surface area contributed by atoms with Crippen LogP contribution in [0.1, 0.15) is 54.9 Å². The molecule has 1 atom stereocenters. The number of amides is 2. The monoisotopic (exact) mass is 472 g/mol. The molecule has 32 heavy (non-hydrogen) atoms. The average molecular weight is 473 g/mol. The summed E-state index contributed by atoms with van der Waals surface area (Å²) in [6.45, 7) is 6.39. The van der Waals surface area contributed by atoms with Gasteiger partial charge in [0, 0.05) is 23.4 Å². The molecule has 0 saturated heterocycles. The molecule has 0 aromatic heterocycles. The van der Waals surface area contributed by atoms with Crippen molar-refractivity contribution in [3.63, 3.8) is 0 Å². The number of rotatable bonds is 9. The Morgan fingerprint density at radius 3 is 2.31 bits per heavy atom. The van der Waals surface area contributed by atoms with Gasteiger partial charge in [-0.1, -0.05) is 65.9 Å². The first kappa shape index (κ1) is 24.7. The van der Waals surface area contributed by atoms with E-state index in [1.807, 2.05) is 31.2 Å². The third-order valence-corrected chi connectivity index (χ3v) is 7.15. The number of nitrogens with zero attached hydrogens (tertiary/aromatic N) is 1. The van der Waals surface area contributed by atoms with Crippen LogP contribution in [-0.2, 0) is 21.9 Å². The van der Waals surface area contributed by atoms with Gasteiger partial charge in [0.2, 0.25) is 11.8 Å². The van der Waals surface area contributed by atoms with E-state index in [1.165, 1.54) is 16.7 Å². The number of hydrogen-bond donors (Lipinski definition) is 1. The molecule has 1 aliphatic carbocycles. The third-order valence-electron chi connectivity index (χ3n) is 5.91. The van der Waals surface area contributed by atoms with Gasteiger partial charge in [0.25, 0.3) is 0 Å². The Bertz CT molecular complexity index is 906. The van der Waals surface area contributed by atoms with Crippen LogP contribution in [0.5, 0.6) is 0 Å². The topological polar surface area (TPSA) is 49.4 Å². The van der Waals surface area contributed by atoms with Crippen molar-refractivity contribution in [1.82, 2.24) is 10.2 Å². The normalized spacial score (nSPS) is 14.9. The Hall–Kier alpha value is -1.98. The summed E-state index contributed by atoms with van der Waals surface area (Å²) in [5.41, 5.74) is 4.64. The minimum absolute atomic E-state index is 0.0246. The van der Waals surface area contributed by atoms with Gasteiger partial charge in [-0.15, -0.1) is 11.8 Å². The van der Waals surface area contributed by atoms with Crippen molar-refractivity contribution in [3.05, 3.63) is 69.7 Å². The second-order valence-corrected chi connectivity index (χ2v) is 10.2. The van der Waals surface area contributed by atoms with Gasteiger partial charge >= 0.3 is 0 Å². The lowest BCUT2D eigenvalue weighted by molar-refractivity contribution is -0.138. The second-order valence-electron chi connectivity index (χ2n) is 8.80. The van der Waals surface area contributed by atoms with E-state index >= 15 is 0 Å². The number of benzene rings is 2. The molecule has 0 heterocycles. The van der Waals surface area contributed by atoms with Crippen molar-refractivity contribution in [2.75, 3.05) is 5.75 Å². The number of hydrogen-bond acceptors (Lipinski definition) is 3. The fraction of sp³-hybridized carbons (Fsp3) is 0.462. The van der Waals surface area contributed by atoms with Gasteiger partial charge in [-0.3, -0.25) is 9.59 Å². The Morgan fingerprint density at radius 2 is 1.69 bits per heavy atom. The highest BCUT2D eigenvalue weighted by Crippen LogP contribution is 2.20. The molecule has 0 spiro atoms. The van der Waals surface area contributed by atoms with Crippen LogP contribution in [0, 0.1) is 13.8 Å². The molecule has 3 rings (SSSR count). The summed E-state index contributed by atoms with van der Waals surface area (Å²) in [4.78, 5) is 27.8. The zero-order valence-electron chi connectivity index (χ0n) is 19.2. The lowest BCUT2D eigenvalue weighted by Crippen LogP contribution is -2.50. The Kier molecular flexibility index (Phi) is 9.06. The highest BCUT2D eigenvalue weighted by atomic mass is 35.5. The second kappa shape index (κ2) is 11.8. The van der Waals surface area contributed by atoms with Gasteiger partial charge in [-0.2, -0.15) is 0 Å². The quantitative estimate of drug-likeness (QED) is 0.511. The van der Waals surface area contributed by atoms with Crippen molar-refractivity contribution >= 4 is 35.2 Å². The smallest absolute Gasteiger partial charge is 0.242 e. The average Bonchev–Trinajstić information content (AvgIpc) is 3.25. The molecule has 0 aliphatic heterocycles. The number of carbonyl (C=O) groups is 2. The van der Waals surface area contributed by atoms with Crippen LogP contribution < -0.4 is 5.32 Å². The van der Waals surface area contributed by atoms with Crippen LogP contribution in [0.3, 0.4) is 0 Å². The van der Waals surface area contributed by atoms with Gasteiger partial charge in [-0.25, -0.2) is 0 Å². The van der Waals surface area contributed by atoms with Gasteiger partial charge in [0.1, 0.15) is 6.04 Å². The van der Waals surface area contributed by atoms with E-state index < -0.39 is 6.04 Å². The minimum atomic E-state index is -0.527. The van der Waals surface area contributed by atoms with Crippen LogP contribution in [-0.4, -0.2) is 34.6 Å². The largest absolute Gasteiger partial charge is 0.352 e. The SMILES string of the molecule is Cc1cc(C)cc(CSCC(=O)N(Cc2ccc(Cl)cc2)C(C)C(=O)NC2CCCC2)c1. The molecule has 1 fully saturated rings. The molecular formula is C26H33ClN2O2S. The lowest BCUT2D eigenvalue weighted by atomic mass is 10.1. The molecule has 0 bridgehead atoms. The first-order chi connectivity index (χ1) is 15.3. The van der Waals surface area contributed by atoms with E-state index in [2.05, 4.69) is 37.4 Å². The van der Waals surface area contributed by atoms with E-state index in [4.69, 9.17) is 11.6 Å². The third kappa shape index (κ3) is 7.28. The zero-order valence-corrected chi connectivity index (χ0v) is 20.8. The molecule has 2 aromatic carbocycles. The molecule has 1 aliphatic rings. The molecular weight excluding hydrogens is 440 g/mol. The summed E-state index contributed by atoms with van der Waals surface area (Å²) in [7, 11) is 0. The number of carbonyl (C=O) groups excluding carboxylic acids is 2. The maximum atomic E-state index is 13.2. The predicted molar refractivity (Wildman–Crippen MR) is 134 cm³/mol. The predicted octanol–water partition coefficient (Wildman–Crippen LogP) is 5.67. The Labute approximate surface area is 201 Å². The van der Waals surface area contributed by atoms with E-state index in [0.29, 0.717) is 17.3 Å². The van der Waals surface area contributed by atoms with E-state index in [1.54, 1.807) is 16.7 Å². The highest BCUT2D eigenvalue weighted by Gasteiger charge is 2.28. The van der Waals surface area contributed by atoms with Crippen LogP contribution >= 0.6 is 23.4 Å². The number of aryl methyl sites for hydroxylation is 2. The molecule has 2 aromatic rings. The zero-order chi connectivity index (χ0) is 23.1. The number of thioether (sulfide) groups is 1. The molecule has 172 valence electrons. The van der Waals surface area contributed by atoms with Crippen LogP contribution in [0.25, 0.3) is 0 Å². The lowest BCUT2D eigenvalue weighted by Gasteiger charge is -2.29. The molecule has 1 unspecified atom stereocenters. The van der Waals surface area contributed by atoms with Crippen LogP contribution in [0.2, 0.25) is 5.02 Å². The van der Waals surface area contributed by atoms with Gasteiger partial charge in [0.05, 0.1) is 5.75 Å². The Morgan fingerprint density at radius 1 is 1.06 bits per heavy atom. The first-order valence-corrected chi connectivity index (χ1v) is 12.8. The molecule has 0 radical (unpaired) electrons. The fourth-order valence-corrected chi connectivity index (χ4v) is 5.22. The molecule has 6 heteroatoms. The molecule has 2 amide bonds. The molecule has 1 N–H and O–H groups in total. The maximum Gasteiger partial charge on any atom is 0.242 e. The fourth-order valence-electron chi connectivity index (χ4n) is 4.25. The van der Waals surface area contributed by atoms with Crippen LogP contribution in [0.4, 0.5) is 0 Å². The minimum Gasteiger partial charge on any atom is -0.352 e. The van der Waals surface area contributed by atoms with Gasteiger partial charge in [-0.05, 0) is 56.9 Å². The molecule has 1 saturated carbocycles. The summed E-state index contributed by atoms with van der Waals surface area (Å²) >= 11 is 7.61. The van der Waals surface area contributed by atoms with Gasteiger partial charge in [0.15, 0.2) is 0 Å². The van der Waals surface area contributed by atoms with E-state index in [0.717, 1.165) is 37.0 Å². The standard InChI is InChI=1S/C26H33ClN2O2S/c1-18-12-19(2)14-22(13-18)16-32-17-25(30)29(15-21-8-10-23(27)11-9-21)20(3)26(31)28-24-6-4-5-7-24/h8-14,20,24H,4-7,15-17H2,1-3H3,(H,28,31). The Balaban J connectivity index is 1.65. The maximum absolute atomic E-state index is 13.2. The van der Waals surface area contributed by atoms with Gasteiger partial charge < -0.3 is 10.2 Å². The summed E-state index contributed by atoms with van der Waals surface area (Å²) in [6, 6.07) is 13.6. The van der Waals surface area contributed by atoms with Crippen molar-refractivity contribution < 1.29 is 9.59 Å². The number of halogens is 1. The number of nitrogens with one attached hydrogen (secondary N) is 1. The summed E-state index contributed by atoms with van der Waals surface area (Å²) in [5, 5.41) is 3.80. The van der Waals surface area contributed by atoms with E-state index in [-0.39, 0.29) is 17.9 Å². The van der Waals surface area contributed by atoms with E-state index in [9.17, 15) is 9.59 Å². The molecule has 4 nitrogen and oxygen atoms in total. The summed E-state index contributed by atoms with van der Waals surface area (Å²) in [5.74, 6) is 1.01.